The van der Waals surface area contributed by atoms with E-state index >= 15 is 0 Å². The lowest BCUT2D eigenvalue weighted by Gasteiger charge is -2.28. The van der Waals surface area contributed by atoms with Crippen LogP contribution in [0.15, 0.2) is 78.9 Å². The smallest absolute Gasteiger partial charge is 0.224 e. The third-order valence-corrected chi connectivity index (χ3v) is 6.31. The summed E-state index contributed by atoms with van der Waals surface area (Å²) in [5.74, 6) is 1.83. The Morgan fingerprint density at radius 2 is 1.52 bits per heavy atom. The van der Waals surface area contributed by atoms with Crippen LogP contribution >= 0.6 is 0 Å². The number of carbonyl (C=O) groups is 1. The number of hydrogen-bond acceptors (Lipinski definition) is 3. The molecule has 2 aliphatic rings. The maximum atomic E-state index is 13.5. The predicted molar refractivity (Wildman–Crippen MR) is 120 cm³/mol. The second-order valence-electron chi connectivity index (χ2n) is 8.23. The molecule has 0 aromatic heterocycles. The molecule has 1 saturated heterocycles. The van der Waals surface area contributed by atoms with Crippen LogP contribution in [0.2, 0.25) is 0 Å². The first kappa shape index (κ1) is 19.7. The molecule has 5 rings (SSSR count). The Balaban J connectivity index is 1.39. The summed E-state index contributed by atoms with van der Waals surface area (Å²) >= 11 is 0. The fourth-order valence-corrected chi connectivity index (χ4v) is 4.77. The number of carbonyl (C=O) groups excluding carboxylic acids is 1. The molecule has 1 atom stereocenters. The van der Waals surface area contributed by atoms with E-state index in [1.54, 1.807) is 0 Å². The number of nitrogens with zero attached hydrogens (tertiary/aromatic N) is 1. The van der Waals surface area contributed by atoms with Crippen LogP contribution < -0.4 is 9.47 Å². The van der Waals surface area contributed by atoms with Crippen molar-refractivity contribution < 1.29 is 14.3 Å². The molecule has 0 radical (unpaired) electrons. The highest BCUT2D eigenvalue weighted by atomic mass is 16.6. The fraction of sp³-hybridized carbons (Fsp3) is 0.296. The molecule has 31 heavy (non-hydrogen) atoms. The molecule has 2 aliphatic heterocycles. The molecular formula is C27H27NO3. The molecule has 0 spiro atoms. The summed E-state index contributed by atoms with van der Waals surface area (Å²) in [6.45, 7) is 1.95. The number of rotatable bonds is 5. The van der Waals surface area contributed by atoms with Gasteiger partial charge in [0.25, 0.3) is 0 Å². The molecule has 4 nitrogen and oxygen atoms in total. The van der Waals surface area contributed by atoms with Crippen LogP contribution in [-0.4, -0.2) is 30.6 Å². The van der Waals surface area contributed by atoms with Crippen molar-refractivity contribution in [1.82, 2.24) is 4.90 Å². The average Bonchev–Trinajstić information content (AvgIpc) is 3.33. The largest absolute Gasteiger partial charge is 0.486 e. The average molecular weight is 414 g/mol. The van der Waals surface area contributed by atoms with E-state index in [4.69, 9.17) is 9.47 Å². The minimum absolute atomic E-state index is 0.0522. The van der Waals surface area contributed by atoms with E-state index in [9.17, 15) is 4.79 Å². The summed E-state index contributed by atoms with van der Waals surface area (Å²) in [5.41, 5.74) is 3.49. The standard InChI is InChI=1S/C27H27NO3/c29-27(19-23(20-8-3-1-4-9-20)21-10-5-2-6-11-21)28-15-7-12-24(28)22-13-14-25-26(18-22)31-17-16-30-25/h1-6,8-11,13-14,18,23-24H,7,12,15-17,19H2/t24-/m1/s1. The zero-order valence-electron chi connectivity index (χ0n) is 17.6. The number of likely N-dealkylation sites (tertiary alicyclic amines) is 1. The summed E-state index contributed by atoms with van der Waals surface area (Å²) in [6.07, 6.45) is 2.47. The van der Waals surface area contributed by atoms with Gasteiger partial charge in [0, 0.05) is 18.9 Å². The Kier molecular flexibility index (Phi) is 5.61. The first-order chi connectivity index (χ1) is 15.3. The molecular weight excluding hydrogens is 386 g/mol. The van der Waals surface area contributed by atoms with Crippen LogP contribution in [0.4, 0.5) is 0 Å². The Labute approximate surface area is 183 Å². The van der Waals surface area contributed by atoms with Gasteiger partial charge in [0.1, 0.15) is 13.2 Å². The first-order valence-corrected chi connectivity index (χ1v) is 11.1. The monoisotopic (exact) mass is 413 g/mol. The molecule has 1 amide bonds. The Hall–Kier alpha value is -3.27. The van der Waals surface area contributed by atoms with Crippen molar-refractivity contribution in [3.63, 3.8) is 0 Å². The van der Waals surface area contributed by atoms with Crippen molar-refractivity contribution in [3.05, 3.63) is 95.6 Å². The normalized spacial score (nSPS) is 17.7. The Morgan fingerprint density at radius 3 is 2.19 bits per heavy atom. The van der Waals surface area contributed by atoms with Crippen LogP contribution in [0.3, 0.4) is 0 Å². The van der Waals surface area contributed by atoms with Crippen molar-refractivity contribution in [3.8, 4) is 11.5 Å². The lowest BCUT2D eigenvalue weighted by atomic mass is 9.88. The highest BCUT2D eigenvalue weighted by molar-refractivity contribution is 5.78. The lowest BCUT2D eigenvalue weighted by Crippen LogP contribution is -2.32. The van der Waals surface area contributed by atoms with E-state index in [0.717, 1.165) is 36.4 Å². The van der Waals surface area contributed by atoms with E-state index < -0.39 is 0 Å². The molecule has 3 aromatic carbocycles. The van der Waals surface area contributed by atoms with Crippen molar-refractivity contribution in [2.75, 3.05) is 19.8 Å². The van der Waals surface area contributed by atoms with Gasteiger partial charge in [-0.15, -0.1) is 0 Å². The van der Waals surface area contributed by atoms with E-state index in [2.05, 4.69) is 41.3 Å². The van der Waals surface area contributed by atoms with Gasteiger partial charge in [-0.05, 0) is 41.7 Å². The van der Waals surface area contributed by atoms with Crippen LogP contribution in [-0.2, 0) is 4.79 Å². The third kappa shape index (κ3) is 4.15. The maximum Gasteiger partial charge on any atom is 0.224 e. The van der Waals surface area contributed by atoms with Crippen LogP contribution in [0.5, 0.6) is 11.5 Å². The maximum absolute atomic E-state index is 13.5. The minimum atomic E-state index is 0.0522. The Bertz CT molecular complexity index is 995. The van der Waals surface area contributed by atoms with Gasteiger partial charge in [-0.3, -0.25) is 4.79 Å². The molecule has 0 unspecified atom stereocenters. The summed E-state index contributed by atoms with van der Waals surface area (Å²) in [5, 5.41) is 0. The van der Waals surface area contributed by atoms with Gasteiger partial charge in [-0.1, -0.05) is 66.7 Å². The molecule has 0 saturated carbocycles. The zero-order valence-corrected chi connectivity index (χ0v) is 17.6. The van der Waals surface area contributed by atoms with E-state index in [1.807, 2.05) is 42.5 Å². The topological polar surface area (TPSA) is 38.8 Å². The molecule has 1 fully saturated rings. The number of amides is 1. The first-order valence-electron chi connectivity index (χ1n) is 11.1. The number of benzene rings is 3. The van der Waals surface area contributed by atoms with Crippen LogP contribution in [0.25, 0.3) is 0 Å². The molecule has 4 heteroatoms. The number of hydrogen-bond donors (Lipinski definition) is 0. The second-order valence-corrected chi connectivity index (χ2v) is 8.23. The third-order valence-electron chi connectivity index (χ3n) is 6.31. The fourth-order valence-electron chi connectivity index (χ4n) is 4.77. The summed E-state index contributed by atoms with van der Waals surface area (Å²) in [6, 6.07) is 26.9. The van der Waals surface area contributed by atoms with Gasteiger partial charge in [-0.25, -0.2) is 0 Å². The van der Waals surface area contributed by atoms with Gasteiger partial charge >= 0.3 is 0 Å². The van der Waals surface area contributed by atoms with Gasteiger partial charge in [0.2, 0.25) is 5.91 Å². The van der Waals surface area contributed by atoms with Crippen molar-refractivity contribution in [1.29, 1.82) is 0 Å². The van der Waals surface area contributed by atoms with E-state index in [0.29, 0.717) is 19.6 Å². The highest BCUT2D eigenvalue weighted by Crippen LogP contribution is 2.39. The second kappa shape index (κ2) is 8.84. The lowest BCUT2D eigenvalue weighted by molar-refractivity contribution is -0.132. The van der Waals surface area contributed by atoms with Gasteiger partial charge in [0.05, 0.1) is 6.04 Å². The predicted octanol–water partition coefficient (Wildman–Crippen LogP) is 5.34. The van der Waals surface area contributed by atoms with Crippen LogP contribution in [0, 0.1) is 0 Å². The van der Waals surface area contributed by atoms with Gasteiger partial charge < -0.3 is 14.4 Å². The summed E-state index contributed by atoms with van der Waals surface area (Å²) < 4.78 is 11.4. The SMILES string of the molecule is O=C(CC(c1ccccc1)c1ccccc1)N1CCC[C@@H]1c1ccc2c(c1)OCCO2. The summed E-state index contributed by atoms with van der Waals surface area (Å²) in [4.78, 5) is 15.6. The highest BCUT2D eigenvalue weighted by Gasteiger charge is 2.32. The quantitative estimate of drug-likeness (QED) is 0.566. The molecule has 0 bridgehead atoms. The van der Waals surface area contributed by atoms with Crippen molar-refractivity contribution >= 4 is 5.91 Å². The molecule has 2 heterocycles. The minimum Gasteiger partial charge on any atom is -0.486 e. The molecule has 3 aromatic rings. The summed E-state index contributed by atoms with van der Waals surface area (Å²) in [7, 11) is 0. The zero-order chi connectivity index (χ0) is 21.0. The van der Waals surface area contributed by atoms with Gasteiger partial charge in [0.15, 0.2) is 11.5 Å². The number of ether oxygens (including phenoxy) is 2. The molecule has 0 N–H and O–H groups in total. The van der Waals surface area contributed by atoms with Crippen molar-refractivity contribution in [2.24, 2.45) is 0 Å². The van der Waals surface area contributed by atoms with E-state index in [1.165, 1.54) is 11.1 Å². The van der Waals surface area contributed by atoms with E-state index in [-0.39, 0.29) is 17.9 Å². The van der Waals surface area contributed by atoms with Gasteiger partial charge in [-0.2, -0.15) is 0 Å². The van der Waals surface area contributed by atoms with Crippen LogP contribution in [0.1, 0.15) is 47.9 Å². The molecule has 158 valence electrons. The Morgan fingerprint density at radius 1 is 0.871 bits per heavy atom. The molecule has 0 aliphatic carbocycles. The van der Waals surface area contributed by atoms with Crippen molar-refractivity contribution in [2.45, 2.75) is 31.2 Å². The number of fused-ring (bicyclic) bond motifs is 1.